The molecule has 7 nitrogen and oxygen atoms in total. The number of fused-ring (bicyclic) bond motifs is 1. The molecule has 6 rings (SSSR count). The van der Waals surface area contributed by atoms with Crippen molar-refractivity contribution in [1.29, 1.82) is 0 Å². The number of hydrogen-bond donors (Lipinski definition) is 0. The molecule has 7 heteroatoms. The standard InChI is InChI=1S/C39H40N2O5.C2H6/c1-28-9-3-5-14-35(28)32-25-31-17-16-29(2)37(38(31)40-27-32)39(42)46-36-15-6-4-10-30(36)11-8-21-44-33-12-7-13-34(26-33)45-24-20-41-18-22-43-23-19-41;1-2/h3-7,9-10,12-17,25-27H,8,11,18-24H2,1-2H3;1-2H3. The quantitative estimate of drug-likeness (QED) is 0.0765. The van der Waals surface area contributed by atoms with Crippen LogP contribution in [0.15, 0.2) is 97.2 Å². The molecule has 4 aromatic carbocycles. The van der Waals surface area contributed by atoms with Crippen molar-refractivity contribution in [1.82, 2.24) is 9.88 Å². The highest BCUT2D eigenvalue weighted by Gasteiger charge is 2.19. The zero-order valence-electron chi connectivity index (χ0n) is 28.5. The van der Waals surface area contributed by atoms with Gasteiger partial charge >= 0.3 is 5.97 Å². The van der Waals surface area contributed by atoms with Crippen molar-refractivity contribution in [2.24, 2.45) is 0 Å². The summed E-state index contributed by atoms with van der Waals surface area (Å²) in [4.78, 5) is 20.7. The van der Waals surface area contributed by atoms with E-state index >= 15 is 0 Å². The summed E-state index contributed by atoms with van der Waals surface area (Å²) in [5.74, 6) is 1.71. The average molecular weight is 647 g/mol. The van der Waals surface area contributed by atoms with E-state index in [0.717, 1.165) is 78.4 Å². The molecule has 0 bridgehead atoms. The first-order valence-electron chi connectivity index (χ1n) is 17.0. The summed E-state index contributed by atoms with van der Waals surface area (Å²) in [5.41, 5.74) is 6.22. The number of pyridine rings is 1. The predicted octanol–water partition coefficient (Wildman–Crippen LogP) is 8.49. The van der Waals surface area contributed by atoms with Crippen molar-refractivity contribution >= 4 is 16.9 Å². The Labute approximate surface area is 284 Å². The normalized spacial score (nSPS) is 13.0. The Hall–Kier alpha value is -4.72. The number of morpholine rings is 1. The van der Waals surface area contributed by atoms with Crippen molar-refractivity contribution in [2.45, 2.75) is 40.5 Å². The first-order chi connectivity index (χ1) is 23.5. The van der Waals surface area contributed by atoms with Crippen LogP contribution in [0.1, 0.15) is 47.3 Å². The Kier molecular flexibility index (Phi) is 12.6. The minimum absolute atomic E-state index is 0.409. The highest BCUT2D eigenvalue weighted by atomic mass is 16.5. The van der Waals surface area contributed by atoms with Crippen LogP contribution in [-0.2, 0) is 11.2 Å². The largest absolute Gasteiger partial charge is 0.493 e. The molecule has 0 amide bonds. The minimum atomic E-state index is -0.409. The van der Waals surface area contributed by atoms with E-state index in [1.165, 1.54) is 5.56 Å². The molecule has 0 atom stereocenters. The summed E-state index contributed by atoms with van der Waals surface area (Å²) >= 11 is 0. The van der Waals surface area contributed by atoms with Crippen LogP contribution in [0, 0.1) is 13.8 Å². The van der Waals surface area contributed by atoms with Crippen LogP contribution in [0.2, 0.25) is 0 Å². The van der Waals surface area contributed by atoms with E-state index in [4.69, 9.17) is 23.9 Å². The molecule has 2 heterocycles. The lowest BCUT2D eigenvalue weighted by Gasteiger charge is -2.26. The summed E-state index contributed by atoms with van der Waals surface area (Å²) in [6, 6.07) is 29.7. The summed E-state index contributed by atoms with van der Waals surface area (Å²) in [6.07, 6.45) is 3.29. The zero-order chi connectivity index (χ0) is 33.7. The average Bonchev–Trinajstić information content (AvgIpc) is 3.12. The van der Waals surface area contributed by atoms with Crippen LogP contribution in [0.25, 0.3) is 22.0 Å². The highest BCUT2D eigenvalue weighted by molar-refractivity contribution is 6.05. The molecule has 0 saturated carbocycles. The zero-order valence-corrected chi connectivity index (χ0v) is 28.5. The van der Waals surface area contributed by atoms with Gasteiger partial charge in [-0.05, 0) is 73.2 Å². The number of aryl methyl sites for hydroxylation is 3. The molecule has 0 aliphatic carbocycles. The van der Waals surface area contributed by atoms with Crippen molar-refractivity contribution in [3.05, 3.63) is 119 Å². The molecule has 0 spiro atoms. The van der Waals surface area contributed by atoms with Crippen molar-refractivity contribution in [3.8, 4) is 28.4 Å². The highest BCUT2D eigenvalue weighted by Crippen LogP contribution is 2.30. The number of ether oxygens (including phenoxy) is 4. The molecule has 0 N–H and O–H groups in total. The number of rotatable bonds is 12. The molecular formula is C41H46N2O5. The van der Waals surface area contributed by atoms with Gasteiger partial charge in [-0.1, -0.05) is 74.5 Å². The lowest BCUT2D eigenvalue weighted by molar-refractivity contribution is 0.0322. The third-order valence-corrected chi connectivity index (χ3v) is 8.34. The lowest BCUT2D eigenvalue weighted by Crippen LogP contribution is -2.38. The van der Waals surface area contributed by atoms with Gasteiger partial charge in [0.1, 0.15) is 23.9 Å². The van der Waals surface area contributed by atoms with E-state index in [1.54, 1.807) is 0 Å². The van der Waals surface area contributed by atoms with Gasteiger partial charge in [0.2, 0.25) is 0 Å². The maximum atomic E-state index is 13.6. The number of carbonyl (C=O) groups excluding carboxylic acids is 1. The second-order valence-corrected chi connectivity index (χ2v) is 11.6. The first kappa shape index (κ1) is 34.6. The molecule has 5 aromatic rings. The number of aromatic nitrogens is 1. The van der Waals surface area contributed by atoms with E-state index in [-0.39, 0.29) is 0 Å². The first-order valence-corrected chi connectivity index (χ1v) is 17.0. The van der Waals surface area contributed by atoms with Crippen molar-refractivity contribution < 1.29 is 23.7 Å². The van der Waals surface area contributed by atoms with Crippen molar-refractivity contribution in [2.75, 3.05) is 46.1 Å². The van der Waals surface area contributed by atoms with Gasteiger partial charge in [0.05, 0.1) is 30.9 Å². The van der Waals surface area contributed by atoms with Crippen LogP contribution in [0.4, 0.5) is 0 Å². The number of nitrogens with zero attached hydrogens (tertiary/aromatic N) is 2. The fourth-order valence-electron chi connectivity index (χ4n) is 5.79. The van der Waals surface area contributed by atoms with Gasteiger partial charge in [0.25, 0.3) is 0 Å². The molecule has 250 valence electrons. The third kappa shape index (κ3) is 9.00. The molecule has 1 aromatic heterocycles. The van der Waals surface area contributed by atoms with Crippen LogP contribution in [0.3, 0.4) is 0 Å². The summed E-state index contributed by atoms with van der Waals surface area (Å²) in [5, 5.41) is 0.898. The fraction of sp³-hybridized carbons (Fsp3) is 0.317. The van der Waals surface area contributed by atoms with Gasteiger partial charge in [-0.15, -0.1) is 0 Å². The smallest absolute Gasteiger partial charge is 0.346 e. The molecule has 1 aliphatic heterocycles. The summed E-state index contributed by atoms with van der Waals surface area (Å²) in [6.45, 7) is 13.5. The van der Waals surface area contributed by atoms with Gasteiger partial charge < -0.3 is 18.9 Å². The van der Waals surface area contributed by atoms with E-state index in [9.17, 15) is 4.79 Å². The van der Waals surface area contributed by atoms with E-state index in [2.05, 4.69) is 30.0 Å². The summed E-state index contributed by atoms with van der Waals surface area (Å²) in [7, 11) is 0. The van der Waals surface area contributed by atoms with Gasteiger partial charge in [-0.2, -0.15) is 0 Å². The Balaban J connectivity index is 0.00000221. The molecule has 0 radical (unpaired) electrons. The molecule has 48 heavy (non-hydrogen) atoms. The number of hydrogen-bond acceptors (Lipinski definition) is 7. The number of carbonyl (C=O) groups is 1. The fourth-order valence-corrected chi connectivity index (χ4v) is 5.79. The predicted molar refractivity (Wildman–Crippen MR) is 192 cm³/mol. The van der Waals surface area contributed by atoms with E-state index in [0.29, 0.717) is 36.5 Å². The topological polar surface area (TPSA) is 70.1 Å². The Bertz CT molecular complexity index is 1800. The number of para-hydroxylation sites is 1. The number of esters is 1. The molecule has 0 unspecified atom stereocenters. The van der Waals surface area contributed by atoms with Crippen LogP contribution in [0.5, 0.6) is 17.2 Å². The maximum absolute atomic E-state index is 13.6. The maximum Gasteiger partial charge on any atom is 0.346 e. The van der Waals surface area contributed by atoms with Crippen LogP contribution in [-0.4, -0.2) is 61.9 Å². The van der Waals surface area contributed by atoms with Crippen LogP contribution < -0.4 is 14.2 Å². The van der Waals surface area contributed by atoms with E-state index < -0.39 is 5.97 Å². The third-order valence-electron chi connectivity index (χ3n) is 8.34. The SMILES string of the molecule is CC.Cc1ccccc1-c1cnc2c(C(=O)Oc3ccccc3CCCOc3cccc(OCCN4CCOCC4)c3)c(C)ccc2c1. The second kappa shape index (κ2) is 17.4. The Morgan fingerprint density at radius 2 is 1.54 bits per heavy atom. The Morgan fingerprint density at radius 1 is 0.812 bits per heavy atom. The second-order valence-electron chi connectivity index (χ2n) is 11.6. The van der Waals surface area contributed by atoms with Crippen molar-refractivity contribution in [3.63, 3.8) is 0 Å². The Morgan fingerprint density at radius 3 is 2.33 bits per heavy atom. The monoisotopic (exact) mass is 646 g/mol. The van der Waals surface area contributed by atoms with Gasteiger partial charge in [0, 0.05) is 42.8 Å². The van der Waals surface area contributed by atoms with Gasteiger partial charge in [-0.3, -0.25) is 9.88 Å². The molecule has 1 aliphatic rings. The molecule has 1 saturated heterocycles. The molecular weight excluding hydrogens is 600 g/mol. The van der Waals surface area contributed by atoms with Crippen LogP contribution >= 0.6 is 0 Å². The van der Waals surface area contributed by atoms with E-state index in [1.807, 2.05) is 99.8 Å². The summed E-state index contributed by atoms with van der Waals surface area (Å²) < 4.78 is 23.4. The minimum Gasteiger partial charge on any atom is -0.493 e. The number of benzene rings is 4. The van der Waals surface area contributed by atoms with Gasteiger partial charge in [0.15, 0.2) is 0 Å². The van der Waals surface area contributed by atoms with Gasteiger partial charge in [-0.25, -0.2) is 4.79 Å². The lowest BCUT2D eigenvalue weighted by atomic mass is 9.98. The molecule has 1 fully saturated rings.